The first-order valence-electron chi connectivity index (χ1n) is 11.3. The molecule has 2 fully saturated rings. The number of hydrogen-bond acceptors (Lipinski definition) is 5. The second-order valence-corrected chi connectivity index (χ2v) is 10.8. The van der Waals surface area contributed by atoms with Crippen LogP contribution in [-0.4, -0.2) is 82.1 Å². The van der Waals surface area contributed by atoms with Crippen molar-refractivity contribution < 1.29 is 13.2 Å². The number of piperazine rings is 1. The lowest BCUT2D eigenvalue weighted by atomic mass is 9.96. The van der Waals surface area contributed by atoms with Crippen molar-refractivity contribution in [3.8, 4) is 5.69 Å². The molecule has 0 atom stereocenters. The van der Waals surface area contributed by atoms with E-state index < -0.39 is 10.2 Å². The molecule has 1 aromatic carbocycles. The van der Waals surface area contributed by atoms with Crippen LogP contribution in [0.1, 0.15) is 53.8 Å². The average Bonchev–Trinajstić information content (AvgIpc) is 3.20. The van der Waals surface area contributed by atoms with Gasteiger partial charge in [-0.25, -0.2) is 4.68 Å². The van der Waals surface area contributed by atoms with Gasteiger partial charge >= 0.3 is 0 Å². The summed E-state index contributed by atoms with van der Waals surface area (Å²) >= 11 is 0. The third kappa shape index (κ3) is 4.44. The zero-order valence-electron chi connectivity index (χ0n) is 19.1. The van der Waals surface area contributed by atoms with Crippen molar-refractivity contribution in [1.82, 2.24) is 28.5 Å². The van der Waals surface area contributed by atoms with Crippen molar-refractivity contribution in [3.05, 3.63) is 41.2 Å². The topological polar surface area (TPSA) is 91.6 Å². The van der Waals surface area contributed by atoms with E-state index in [-0.39, 0.29) is 25.0 Å². The van der Waals surface area contributed by atoms with Crippen molar-refractivity contribution in [2.24, 2.45) is 0 Å². The van der Waals surface area contributed by atoms with Crippen LogP contribution in [-0.2, 0) is 10.2 Å². The molecule has 4 rings (SSSR count). The highest BCUT2D eigenvalue weighted by Gasteiger charge is 2.36. The summed E-state index contributed by atoms with van der Waals surface area (Å²) < 4.78 is 30.9. The molecule has 2 aliphatic rings. The summed E-state index contributed by atoms with van der Waals surface area (Å²) in [5, 5.41) is 8.31. The molecule has 1 amide bonds. The Balaban J connectivity index is 1.42. The summed E-state index contributed by atoms with van der Waals surface area (Å²) in [7, 11) is -1.83. The maximum atomic E-state index is 13.1. The number of benzene rings is 1. The van der Waals surface area contributed by atoms with E-state index >= 15 is 0 Å². The number of aromatic nitrogens is 3. The Morgan fingerprint density at radius 1 is 1.06 bits per heavy atom. The maximum absolute atomic E-state index is 13.1. The van der Waals surface area contributed by atoms with Crippen LogP contribution in [0.3, 0.4) is 0 Å². The lowest BCUT2D eigenvalue weighted by molar-refractivity contribution is 0.0686. The molecular weight excluding hydrogens is 428 g/mol. The number of rotatable bonds is 5. The molecule has 10 heteroatoms. The van der Waals surface area contributed by atoms with Crippen LogP contribution in [0, 0.1) is 13.8 Å². The molecular formula is C22H32N6O3S. The Morgan fingerprint density at radius 2 is 1.75 bits per heavy atom. The first-order valence-corrected chi connectivity index (χ1v) is 12.7. The average molecular weight is 461 g/mol. The second-order valence-electron chi connectivity index (χ2n) is 8.78. The minimum Gasteiger partial charge on any atom is -0.335 e. The number of hydrogen-bond donors (Lipinski definition) is 0. The maximum Gasteiger partial charge on any atom is 0.282 e. The highest BCUT2D eigenvalue weighted by molar-refractivity contribution is 7.86. The van der Waals surface area contributed by atoms with Crippen molar-refractivity contribution >= 4 is 16.1 Å². The molecule has 1 aliphatic heterocycles. The lowest BCUT2D eigenvalue weighted by Crippen LogP contribution is -2.55. The molecule has 2 heterocycles. The predicted octanol–water partition coefficient (Wildman–Crippen LogP) is 2.15. The van der Waals surface area contributed by atoms with Crippen LogP contribution < -0.4 is 0 Å². The van der Waals surface area contributed by atoms with Crippen LogP contribution in [0.2, 0.25) is 0 Å². The van der Waals surface area contributed by atoms with Crippen LogP contribution in [0.4, 0.5) is 0 Å². The van der Waals surface area contributed by atoms with E-state index in [4.69, 9.17) is 0 Å². The standard InChI is InChI=1S/C22H32N6O3S/c1-17-8-7-11-20(16-17)28-18(2)21(23-24-28)22(29)26-12-14-27(15-13-26)32(30,31)25(3)19-9-5-4-6-10-19/h7-8,11,16,19H,4-6,9-10,12-15H2,1-3H3. The van der Waals surface area contributed by atoms with Crippen LogP contribution >= 0.6 is 0 Å². The Labute approximate surface area is 190 Å². The van der Waals surface area contributed by atoms with Gasteiger partial charge in [0.2, 0.25) is 0 Å². The fraction of sp³-hybridized carbons (Fsp3) is 0.591. The van der Waals surface area contributed by atoms with Gasteiger partial charge in [-0.05, 0) is 44.4 Å². The van der Waals surface area contributed by atoms with Crippen LogP contribution in [0.5, 0.6) is 0 Å². The Hall–Kier alpha value is -2.30. The number of nitrogens with zero attached hydrogens (tertiary/aromatic N) is 6. The van der Waals surface area contributed by atoms with Gasteiger partial charge in [0.1, 0.15) is 0 Å². The molecule has 1 saturated carbocycles. The normalized spacial score (nSPS) is 18.9. The van der Waals surface area contributed by atoms with Gasteiger partial charge in [0.15, 0.2) is 5.69 Å². The van der Waals surface area contributed by atoms with Gasteiger partial charge in [0, 0.05) is 39.3 Å². The molecule has 0 unspecified atom stereocenters. The van der Waals surface area contributed by atoms with E-state index in [0.29, 0.717) is 24.5 Å². The minimum atomic E-state index is -3.52. The molecule has 0 N–H and O–H groups in total. The quantitative estimate of drug-likeness (QED) is 0.682. The second kappa shape index (κ2) is 9.29. The zero-order valence-corrected chi connectivity index (χ0v) is 19.9. The number of amides is 1. The molecule has 0 spiro atoms. The minimum absolute atomic E-state index is 0.0766. The van der Waals surface area contributed by atoms with Gasteiger partial charge in [-0.2, -0.15) is 17.0 Å². The summed E-state index contributed by atoms with van der Waals surface area (Å²) in [6.07, 6.45) is 5.18. The fourth-order valence-electron chi connectivity index (χ4n) is 4.62. The van der Waals surface area contributed by atoms with Crippen molar-refractivity contribution in [2.75, 3.05) is 33.2 Å². The predicted molar refractivity (Wildman–Crippen MR) is 122 cm³/mol. The van der Waals surface area contributed by atoms with E-state index in [2.05, 4.69) is 10.3 Å². The van der Waals surface area contributed by atoms with Gasteiger partial charge in [0.05, 0.1) is 11.4 Å². The van der Waals surface area contributed by atoms with Gasteiger partial charge in [-0.1, -0.05) is 36.6 Å². The Kier molecular flexibility index (Phi) is 6.64. The third-order valence-corrected chi connectivity index (χ3v) is 8.69. The summed E-state index contributed by atoms with van der Waals surface area (Å²) in [6.45, 7) is 5.09. The summed E-state index contributed by atoms with van der Waals surface area (Å²) in [4.78, 5) is 14.8. The third-order valence-electron chi connectivity index (χ3n) is 6.65. The molecule has 0 bridgehead atoms. The molecule has 174 valence electrons. The lowest BCUT2D eigenvalue weighted by Gasteiger charge is -2.38. The largest absolute Gasteiger partial charge is 0.335 e. The van der Waals surface area contributed by atoms with Gasteiger partial charge in [-0.15, -0.1) is 5.10 Å². The summed E-state index contributed by atoms with van der Waals surface area (Å²) in [6, 6.07) is 7.93. The summed E-state index contributed by atoms with van der Waals surface area (Å²) in [5.41, 5.74) is 2.94. The zero-order chi connectivity index (χ0) is 22.9. The molecule has 0 radical (unpaired) electrons. The van der Waals surface area contributed by atoms with E-state index in [9.17, 15) is 13.2 Å². The van der Waals surface area contributed by atoms with Crippen molar-refractivity contribution in [3.63, 3.8) is 0 Å². The van der Waals surface area contributed by atoms with E-state index in [1.54, 1.807) is 20.9 Å². The molecule has 9 nitrogen and oxygen atoms in total. The first kappa shape index (κ1) is 22.9. The van der Waals surface area contributed by atoms with E-state index in [0.717, 1.165) is 36.9 Å². The Morgan fingerprint density at radius 3 is 2.41 bits per heavy atom. The van der Waals surface area contributed by atoms with Crippen LogP contribution in [0.15, 0.2) is 24.3 Å². The van der Waals surface area contributed by atoms with Gasteiger partial charge in [0.25, 0.3) is 16.1 Å². The number of aryl methyl sites for hydroxylation is 1. The molecule has 1 aromatic heterocycles. The fourth-order valence-corrected chi connectivity index (χ4v) is 6.20. The van der Waals surface area contributed by atoms with Gasteiger partial charge in [-0.3, -0.25) is 4.79 Å². The first-order chi connectivity index (χ1) is 15.3. The highest BCUT2D eigenvalue weighted by Crippen LogP contribution is 2.25. The monoisotopic (exact) mass is 460 g/mol. The van der Waals surface area contributed by atoms with Crippen molar-refractivity contribution in [2.45, 2.75) is 52.0 Å². The molecule has 2 aromatic rings. The number of carbonyl (C=O) groups is 1. The number of carbonyl (C=O) groups excluding carboxylic acids is 1. The molecule has 32 heavy (non-hydrogen) atoms. The smallest absolute Gasteiger partial charge is 0.282 e. The Bertz CT molecular complexity index is 1070. The molecule has 1 aliphatic carbocycles. The van der Waals surface area contributed by atoms with Crippen LogP contribution in [0.25, 0.3) is 5.69 Å². The highest BCUT2D eigenvalue weighted by atomic mass is 32.2. The van der Waals surface area contributed by atoms with Crippen molar-refractivity contribution in [1.29, 1.82) is 0 Å². The SMILES string of the molecule is Cc1cccc(-n2nnc(C(=O)N3CCN(S(=O)(=O)N(C)C4CCCCC4)CC3)c2C)c1. The molecule has 1 saturated heterocycles. The van der Waals surface area contributed by atoms with Gasteiger partial charge < -0.3 is 4.90 Å². The van der Waals surface area contributed by atoms with E-state index in [1.807, 2.05) is 38.1 Å². The van der Waals surface area contributed by atoms with E-state index in [1.165, 1.54) is 10.7 Å². The summed E-state index contributed by atoms with van der Waals surface area (Å²) in [5.74, 6) is -0.209.